The Morgan fingerprint density at radius 1 is 1.42 bits per heavy atom. The lowest BCUT2D eigenvalue weighted by atomic mass is 10.1. The molecule has 104 valence electrons. The van der Waals surface area contributed by atoms with Crippen molar-refractivity contribution >= 4 is 40.9 Å². The highest BCUT2D eigenvalue weighted by Gasteiger charge is 2.30. The topological polar surface area (TPSA) is 17.1 Å². The largest absolute Gasteiger partial charge is 0.298 e. The Balaban J connectivity index is 1.99. The zero-order valence-corrected chi connectivity index (χ0v) is 13.2. The van der Waals surface area contributed by atoms with E-state index in [4.69, 9.17) is 11.6 Å². The first-order chi connectivity index (χ1) is 8.97. The average molecular weight is 319 g/mol. The molecule has 1 aliphatic heterocycles. The molecule has 1 nitrogen and oxygen atoms in total. The minimum atomic E-state index is -0.459. The van der Waals surface area contributed by atoms with E-state index in [-0.39, 0.29) is 22.5 Å². The zero-order chi connectivity index (χ0) is 14.0. The highest BCUT2D eigenvalue weighted by atomic mass is 35.5. The van der Waals surface area contributed by atoms with Crippen LogP contribution in [-0.2, 0) is 11.2 Å². The van der Waals surface area contributed by atoms with Gasteiger partial charge in [0.05, 0.1) is 10.3 Å². The monoisotopic (exact) mass is 318 g/mol. The minimum Gasteiger partial charge on any atom is -0.298 e. The summed E-state index contributed by atoms with van der Waals surface area (Å²) in [5, 5.41) is 1.19. The molecule has 0 amide bonds. The lowest BCUT2D eigenvalue weighted by Gasteiger charge is -2.30. The third-order valence-corrected chi connectivity index (χ3v) is 7.02. The molecule has 0 spiro atoms. The number of thioether (sulfide) groups is 2. The fourth-order valence-corrected chi connectivity index (χ4v) is 4.92. The summed E-state index contributed by atoms with van der Waals surface area (Å²) in [5.41, 5.74) is 0.698. The van der Waals surface area contributed by atoms with Gasteiger partial charge in [0.1, 0.15) is 5.82 Å². The Bertz CT molecular complexity index is 481. The third kappa shape index (κ3) is 3.89. The summed E-state index contributed by atoms with van der Waals surface area (Å²) in [7, 11) is 0. The van der Waals surface area contributed by atoms with Crippen LogP contribution in [0.5, 0.6) is 0 Å². The Morgan fingerprint density at radius 2 is 2.16 bits per heavy atom. The SMILES string of the molecule is CC1SCC(C(=O)Cc2ccc(Cl)c(F)c2)SC1C. The molecule has 0 N–H and O–H groups in total. The Morgan fingerprint density at radius 3 is 2.79 bits per heavy atom. The highest BCUT2D eigenvalue weighted by Crippen LogP contribution is 2.36. The van der Waals surface area contributed by atoms with Gasteiger partial charge in [0.15, 0.2) is 5.78 Å². The van der Waals surface area contributed by atoms with E-state index in [1.807, 2.05) is 11.8 Å². The first kappa shape index (κ1) is 15.2. The number of carbonyl (C=O) groups excluding carboxylic acids is 1. The van der Waals surface area contributed by atoms with Gasteiger partial charge < -0.3 is 0 Å². The molecule has 5 heteroatoms. The Hall–Kier alpha value is -0.190. The van der Waals surface area contributed by atoms with Crippen molar-refractivity contribution in [3.05, 3.63) is 34.6 Å². The van der Waals surface area contributed by atoms with Gasteiger partial charge in [-0.3, -0.25) is 4.79 Å². The molecular weight excluding hydrogens is 303 g/mol. The lowest BCUT2D eigenvalue weighted by Crippen LogP contribution is -2.32. The van der Waals surface area contributed by atoms with E-state index in [0.29, 0.717) is 16.1 Å². The molecule has 3 unspecified atom stereocenters. The van der Waals surface area contributed by atoms with Gasteiger partial charge >= 0.3 is 0 Å². The zero-order valence-electron chi connectivity index (χ0n) is 10.9. The fraction of sp³-hybridized carbons (Fsp3) is 0.500. The van der Waals surface area contributed by atoms with Crippen LogP contribution in [-0.4, -0.2) is 27.3 Å². The smallest absolute Gasteiger partial charge is 0.151 e. The second kappa shape index (κ2) is 6.51. The molecule has 0 aromatic heterocycles. The van der Waals surface area contributed by atoms with E-state index < -0.39 is 5.82 Å². The van der Waals surface area contributed by atoms with Crippen molar-refractivity contribution in [1.82, 2.24) is 0 Å². The van der Waals surface area contributed by atoms with E-state index in [1.165, 1.54) is 12.1 Å². The molecule has 1 aromatic rings. The Labute approximate surface area is 126 Å². The molecule has 19 heavy (non-hydrogen) atoms. The average Bonchev–Trinajstić information content (AvgIpc) is 2.37. The number of rotatable bonds is 3. The standard InChI is InChI=1S/C14H16ClFOS2/c1-8-9(2)19-14(7-18-8)13(17)6-10-3-4-11(15)12(16)5-10/h3-5,8-9,14H,6-7H2,1-2H3. The minimum absolute atomic E-state index is 0.0231. The first-order valence-corrected chi connectivity index (χ1v) is 8.58. The van der Waals surface area contributed by atoms with Crippen LogP contribution in [0.4, 0.5) is 4.39 Å². The molecule has 0 saturated carbocycles. The second-order valence-electron chi connectivity index (χ2n) is 4.76. The summed E-state index contributed by atoms with van der Waals surface area (Å²) in [4.78, 5) is 12.2. The van der Waals surface area contributed by atoms with Gasteiger partial charge in [0, 0.05) is 22.7 Å². The summed E-state index contributed by atoms with van der Waals surface area (Å²) < 4.78 is 13.3. The molecule has 0 bridgehead atoms. The molecule has 2 rings (SSSR count). The van der Waals surface area contributed by atoms with Crippen molar-refractivity contribution in [2.75, 3.05) is 5.75 Å². The van der Waals surface area contributed by atoms with E-state index in [2.05, 4.69) is 13.8 Å². The molecule has 1 saturated heterocycles. The Kier molecular flexibility index (Phi) is 5.21. The van der Waals surface area contributed by atoms with Gasteiger partial charge in [0.2, 0.25) is 0 Å². The number of halogens is 2. The van der Waals surface area contributed by atoms with Crippen LogP contribution >= 0.6 is 35.1 Å². The number of hydrogen-bond acceptors (Lipinski definition) is 3. The number of hydrogen-bond donors (Lipinski definition) is 0. The van der Waals surface area contributed by atoms with Crippen molar-refractivity contribution in [2.24, 2.45) is 0 Å². The van der Waals surface area contributed by atoms with E-state index in [9.17, 15) is 9.18 Å². The summed E-state index contributed by atoms with van der Waals surface area (Å²) in [6.45, 7) is 4.35. The predicted octanol–water partition coefficient (Wildman–Crippen LogP) is 4.22. The number of benzene rings is 1. The molecule has 3 atom stereocenters. The van der Waals surface area contributed by atoms with Crippen molar-refractivity contribution < 1.29 is 9.18 Å². The van der Waals surface area contributed by atoms with Crippen molar-refractivity contribution in [1.29, 1.82) is 0 Å². The molecule has 0 aliphatic carbocycles. The van der Waals surface area contributed by atoms with Crippen LogP contribution in [0, 0.1) is 5.82 Å². The number of carbonyl (C=O) groups is 1. The first-order valence-electron chi connectivity index (χ1n) is 6.21. The van der Waals surface area contributed by atoms with Gasteiger partial charge in [-0.05, 0) is 17.7 Å². The molecule has 1 aliphatic rings. The second-order valence-corrected chi connectivity index (χ2v) is 8.16. The predicted molar refractivity (Wildman–Crippen MR) is 82.9 cm³/mol. The van der Waals surface area contributed by atoms with Gasteiger partial charge in [0.25, 0.3) is 0 Å². The summed E-state index contributed by atoms with van der Waals surface area (Å²) in [6.07, 6.45) is 0.285. The molecule has 1 fully saturated rings. The van der Waals surface area contributed by atoms with Crippen LogP contribution in [0.15, 0.2) is 18.2 Å². The van der Waals surface area contributed by atoms with Crippen molar-refractivity contribution in [3.8, 4) is 0 Å². The van der Waals surface area contributed by atoms with Gasteiger partial charge in [-0.15, -0.1) is 11.8 Å². The maximum absolute atomic E-state index is 13.3. The van der Waals surface area contributed by atoms with Crippen molar-refractivity contribution in [2.45, 2.75) is 36.0 Å². The molecule has 1 aromatic carbocycles. The molecule has 0 radical (unpaired) electrons. The van der Waals surface area contributed by atoms with Crippen LogP contribution in [0.25, 0.3) is 0 Å². The summed E-state index contributed by atoms with van der Waals surface area (Å²) in [6, 6.07) is 4.58. The van der Waals surface area contributed by atoms with E-state index in [0.717, 1.165) is 5.75 Å². The molecular formula is C14H16ClFOS2. The maximum Gasteiger partial charge on any atom is 0.151 e. The van der Waals surface area contributed by atoms with Crippen LogP contribution < -0.4 is 0 Å². The quantitative estimate of drug-likeness (QED) is 0.830. The lowest BCUT2D eigenvalue weighted by molar-refractivity contribution is -0.117. The fourth-order valence-electron chi connectivity index (χ4n) is 1.92. The number of Topliss-reactive ketones (excluding diaryl/α,β-unsaturated/α-hetero) is 1. The van der Waals surface area contributed by atoms with Gasteiger partial charge in [-0.25, -0.2) is 4.39 Å². The van der Waals surface area contributed by atoms with Crippen molar-refractivity contribution in [3.63, 3.8) is 0 Å². The van der Waals surface area contributed by atoms with Crippen LogP contribution in [0.1, 0.15) is 19.4 Å². The van der Waals surface area contributed by atoms with Gasteiger partial charge in [-0.2, -0.15) is 11.8 Å². The van der Waals surface area contributed by atoms with E-state index in [1.54, 1.807) is 17.8 Å². The van der Waals surface area contributed by atoms with E-state index >= 15 is 0 Å². The summed E-state index contributed by atoms with van der Waals surface area (Å²) >= 11 is 9.21. The van der Waals surface area contributed by atoms with Crippen LogP contribution in [0.3, 0.4) is 0 Å². The van der Waals surface area contributed by atoms with Gasteiger partial charge in [-0.1, -0.05) is 31.5 Å². The maximum atomic E-state index is 13.3. The highest BCUT2D eigenvalue weighted by molar-refractivity contribution is 8.08. The normalized spacial score (nSPS) is 27.3. The molecule has 1 heterocycles. The number of ketones is 1. The van der Waals surface area contributed by atoms with Crippen LogP contribution in [0.2, 0.25) is 5.02 Å². The third-order valence-electron chi connectivity index (χ3n) is 3.27. The summed E-state index contributed by atoms with van der Waals surface area (Å²) in [5.74, 6) is 0.572.